The number of ether oxygens (including phenoxy) is 1. The summed E-state index contributed by atoms with van der Waals surface area (Å²) in [5, 5.41) is 7.20. The Morgan fingerprint density at radius 3 is 2.50 bits per heavy atom. The second-order valence-corrected chi connectivity index (χ2v) is 9.17. The third-order valence-electron chi connectivity index (χ3n) is 6.10. The Kier molecular flexibility index (Phi) is 8.93. The second kappa shape index (κ2) is 12.5. The summed E-state index contributed by atoms with van der Waals surface area (Å²) in [7, 11) is 0. The molecule has 1 N–H and O–H groups in total. The molecule has 1 aromatic heterocycles. The molecule has 2 aromatic carbocycles. The van der Waals surface area contributed by atoms with Crippen LogP contribution in [-0.2, 0) is 0 Å². The normalized spacial score (nSPS) is 14.2. The standard InChI is InChI=1S/C27H32FN3O2S/c28-12-19-33-26-6-2-1-5-25(26)31-17-15-30(16-18-31)14-4-3-13-29-27(32)23-9-7-22(8-10-23)24-11-20-34-21-24/h1-2,5-11,20-21H,3-4,12-19H2,(H,29,32)/i28-1. The molecule has 0 aliphatic carbocycles. The number of thiophene rings is 1. The van der Waals surface area contributed by atoms with E-state index in [-0.39, 0.29) is 12.5 Å². The number of piperazine rings is 1. The quantitative estimate of drug-likeness (QED) is 0.388. The lowest BCUT2D eigenvalue weighted by Gasteiger charge is -2.36. The summed E-state index contributed by atoms with van der Waals surface area (Å²) in [6, 6.07) is 17.7. The first-order chi connectivity index (χ1) is 16.7. The molecule has 0 saturated carbocycles. The lowest BCUT2D eigenvalue weighted by Crippen LogP contribution is -2.46. The number of halogens is 1. The molecule has 0 atom stereocenters. The van der Waals surface area contributed by atoms with Gasteiger partial charge in [-0.3, -0.25) is 9.69 Å². The molecule has 1 aliphatic rings. The van der Waals surface area contributed by atoms with E-state index in [1.165, 1.54) is 5.56 Å². The van der Waals surface area contributed by atoms with Gasteiger partial charge < -0.3 is 15.0 Å². The first-order valence-corrected chi connectivity index (χ1v) is 12.8. The number of carbonyl (C=O) groups is 1. The number of rotatable bonds is 11. The number of benzene rings is 2. The number of amides is 1. The molecule has 180 valence electrons. The number of hydrogen-bond acceptors (Lipinski definition) is 5. The maximum atomic E-state index is 12.5. The first-order valence-electron chi connectivity index (χ1n) is 11.9. The average molecular weight is 481 g/mol. The molecule has 7 heteroatoms. The van der Waals surface area contributed by atoms with Crippen LogP contribution in [0.5, 0.6) is 5.75 Å². The number of nitrogens with one attached hydrogen (secondary N) is 1. The van der Waals surface area contributed by atoms with E-state index in [0.717, 1.165) is 62.6 Å². The van der Waals surface area contributed by atoms with Crippen LogP contribution in [0.25, 0.3) is 11.1 Å². The molecule has 2 heterocycles. The number of carbonyl (C=O) groups excluding carboxylic acids is 1. The highest BCUT2D eigenvalue weighted by Gasteiger charge is 2.19. The molecule has 1 amide bonds. The number of alkyl halides is 1. The van der Waals surface area contributed by atoms with Gasteiger partial charge in [-0.1, -0.05) is 24.3 Å². The van der Waals surface area contributed by atoms with Crippen molar-refractivity contribution in [3.05, 3.63) is 70.9 Å². The van der Waals surface area contributed by atoms with Crippen molar-refractivity contribution >= 4 is 22.9 Å². The minimum Gasteiger partial charge on any atom is -0.489 e. The van der Waals surface area contributed by atoms with Gasteiger partial charge in [-0.2, -0.15) is 11.3 Å². The molecule has 0 radical (unpaired) electrons. The number of hydrogen-bond donors (Lipinski definition) is 1. The fourth-order valence-electron chi connectivity index (χ4n) is 4.21. The maximum absolute atomic E-state index is 12.5. The van der Waals surface area contributed by atoms with Crippen molar-refractivity contribution < 1.29 is 13.9 Å². The summed E-state index contributed by atoms with van der Waals surface area (Å²) in [6.45, 7) is 5.14. The molecule has 1 fully saturated rings. The van der Waals surface area contributed by atoms with E-state index in [1.807, 2.05) is 48.5 Å². The SMILES string of the molecule is O=C(NCCCCN1CCN(c2ccccc2OCC[18F])CC1)c1ccc(-c2ccsc2)cc1. The fourth-order valence-corrected chi connectivity index (χ4v) is 4.87. The van der Waals surface area contributed by atoms with Gasteiger partial charge in [0.1, 0.15) is 19.0 Å². The second-order valence-electron chi connectivity index (χ2n) is 8.39. The number of para-hydroxylation sites is 2. The van der Waals surface area contributed by atoms with Gasteiger partial charge >= 0.3 is 0 Å². The highest BCUT2D eigenvalue weighted by Crippen LogP contribution is 2.29. The van der Waals surface area contributed by atoms with Crippen molar-refractivity contribution in [2.24, 2.45) is 0 Å². The molecule has 5 nitrogen and oxygen atoms in total. The minimum absolute atomic E-state index is 0.0147. The topological polar surface area (TPSA) is 44.8 Å². The highest BCUT2D eigenvalue weighted by atomic mass is 32.1. The van der Waals surface area contributed by atoms with Crippen LogP contribution in [-0.4, -0.2) is 63.4 Å². The van der Waals surface area contributed by atoms with Gasteiger partial charge in [0.2, 0.25) is 0 Å². The monoisotopic (exact) mass is 480 g/mol. The van der Waals surface area contributed by atoms with Gasteiger partial charge in [0.25, 0.3) is 5.91 Å². The smallest absolute Gasteiger partial charge is 0.251 e. The molecule has 0 unspecified atom stereocenters. The molecule has 3 aromatic rings. The van der Waals surface area contributed by atoms with Crippen LogP contribution >= 0.6 is 11.3 Å². The van der Waals surface area contributed by atoms with Crippen LogP contribution in [0.15, 0.2) is 65.4 Å². The summed E-state index contributed by atoms with van der Waals surface area (Å²) < 4.78 is 18.1. The van der Waals surface area contributed by atoms with Gasteiger partial charge in [0.15, 0.2) is 0 Å². The molecule has 34 heavy (non-hydrogen) atoms. The highest BCUT2D eigenvalue weighted by molar-refractivity contribution is 7.08. The van der Waals surface area contributed by atoms with Crippen molar-refractivity contribution in [2.75, 3.05) is 57.4 Å². The van der Waals surface area contributed by atoms with Crippen molar-refractivity contribution in [1.29, 1.82) is 0 Å². The summed E-state index contributed by atoms with van der Waals surface area (Å²) in [5.41, 5.74) is 4.06. The lowest BCUT2D eigenvalue weighted by atomic mass is 10.1. The zero-order valence-electron chi connectivity index (χ0n) is 19.4. The molecular formula is C27H32FN3O2S. The van der Waals surface area contributed by atoms with Gasteiger partial charge in [-0.05, 0) is 71.6 Å². The Balaban J connectivity index is 1.13. The predicted molar refractivity (Wildman–Crippen MR) is 138 cm³/mol. The van der Waals surface area contributed by atoms with Crippen molar-refractivity contribution in [2.45, 2.75) is 12.8 Å². The van der Waals surface area contributed by atoms with Crippen molar-refractivity contribution in [3.8, 4) is 16.9 Å². The van der Waals surface area contributed by atoms with E-state index < -0.39 is 6.67 Å². The van der Waals surface area contributed by atoms with E-state index in [1.54, 1.807) is 11.3 Å². The van der Waals surface area contributed by atoms with E-state index in [9.17, 15) is 9.18 Å². The van der Waals surface area contributed by atoms with E-state index in [2.05, 4.69) is 31.9 Å². The predicted octanol–water partition coefficient (Wildman–Crippen LogP) is 5.10. The zero-order chi connectivity index (χ0) is 23.6. The van der Waals surface area contributed by atoms with Gasteiger partial charge in [-0.15, -0.1) is 0 Å². The van der Waals surface area contributed by atoms with Crippen LogP contribution in [0.4, 0.5) is 10.1 Å². The third kappa shape index (κ3) is 6.58. The fraction of sp³-hybridized carbons (Fsp3) is 0.370. The van der Waals surface area contributed by atoms with Crippen LogP contribution < -0.4 is 15.0 Å². The zero-order valence-corrected chi connectivity index (χ0v) is 20.2. The van der Waals surface area contributed by atoms with E-state index >= 15 is 0 Å². The summed E-state index contributed by atoms with van der Waals surface area (Å²) in [5.74, 6) is 0.740. The molecule has 0 spiro atoms. The van der Waals surface area contributed by atoms with E-state index in [4.69, 9.17) is 4.74 Å². The molecule has 1 saturated heterocycles. The summed E-state index contributed by atoms with van der Waals surface area (Å²) in [6.07, 6.45) is 2.01. The molecular weight excluding hydrogens is 448 g/mol. The molecule has 1 aliphatic heterocycles. The Morgan fingerprint density at radius 2 is 1.76 bits per heavy atom. The Morgan fingerprint density at radius 1 is 0.971 bits per heavy atom. The largest absolute Gasteiger partial charge is 0.489 e. The first kappa shape index (κ1) is 24.2. The van der Waals surface area contributed by atoms with Gasteiger partial charge in [0.05, 0.1) is 5.69 Å². The van der Waals surface area contributed by atoms with Crippen molar-refractivity contribution in [1.82, 2.24) is 10.2 Å². The number of unbranched alkanes of at least 4 members (excludes halogenated alkanes) is 1. The molecule has 0 bridgehead atoms. The van der Waals surface area contributed by atoms with Crippen LogP contribution in [0.1, 0.15) is 23.2 Å². The average Bonchev–Trinajstić information content (AvgIpc) is 3.43. The van der Waals surface area contributed by atoms with Gasteiger partial charge in [0, 0.05) is 38.3 Å². The van der Waals surface area contributed by atoms with Crippen LogP contribution in [0, 0.1) is 0 Å². The number of nitrogens with zero attached hydrogens (tertiary/aromatic N) is 2. The number of anilines is 1. The molecule has 4 rings (SSSR count). The maximum Gasteiger partial charge on any atom is 0.251 e. The third-order valence-corrected chi connectivity index (χ3v) is 6.78. The summed E-state index contributed by atoms with van der Waals surface area (Å²) >= 11 is 1.67. The minimum atomic E-state index is -0.482. The lowest BCUT2D eigenvalue weighted by molar-refractivity contribution is 0.0952. The Labute approximate surface area is 205 Å². The van der Waals surface area contributed by atoms with Crippen LogP contribution in [0.3, 0.4) is 0 Å². The van der Waals surface area contributed by atoms with Gasteiger partial charge in [-0.25, -0.2) is 4.39 Å². The van der Waals surface area contributed by atoms with Crippen LogP contribution in [0.2, 0.25) is 0 Å². The Bertz CT molecular complexity index is 1020. The summed E-state index contributed by atoms with van der Waals surface area (Å²) in [4.78, 5) is 17.2. The Hall–Kier alpha value is -2.90. The van der Waals surface area contributed by atoms with E-state index in [0.29, 0.717) is 12.1 Å². The van der Waals surface area contributed by atoms with Crippen molar-refractivity contribution in [3.63, 3.8) is 0 Å².